The standard InChI is InChI=1S/C13H14N4O2/c1-17-7-10(6-15-17)14-5-9-2-3-12-11(4-9)16-13(18)8-19-12/h2-4,6-7,14H,5,8H2,1H3,(H,16,18). The third kappa shape index (κ3) is 2.52. The molecule has 0 saturated carbocycles. The van der Waals surface area contributed by atoms with Gasteiger partial charge < -0.3 is 15.4 Å². The van der Waals surface area contributed by atoms with Crippen molar-refractivity contribution in [2.45, 2.75) is 6.54 Å². The van der Waals surface area contributed by atoms with Crippen molar-refractivity contribution >= 4 is 17.3 Å². The first-order chi connectivity index (χ1) is 9.20. The number of aryl methyl sites for hydroxylation is 1. The van der Waals surface area contributed by atoms with Crippen LogP contribution in [0.1, 0.15) is 5.56 Å². The van der Waals surface area contributed by atoms with E-state index in [-0.39, 0.29) is 12.5 Å². The van der Waals surface area contributed by atoms with Crippen molar-refractivity contribution in [2.75, 3.05) is 17.2 Å². The fourth-order valence-electron chi connectivity index (χ4n) is 1.96. The maximum absolute atomic E-state index is 11.3. The fourth-order valence-corrected chi connectivity index (χ4v) is 1.96. The highest BCUT2D eigenvalue weighted by Gasteiger charge is 2.15. The van der Waals surface area contributed by atoms with Gasteiger partial charge in [0.15, 0.2) is 6.61 Å². The van der Waals surface area contributed by atoms with Gasteiger partial charge in [0.1, 0.15) is 5.75 Å². The van der Waals surface area contributed by atoms with E-state index in [0.29, 0.717) is 12.3 Å². The van der Waals surface area contributed by atoms with Crippen LogP contribution in [0.25, 0.3) is 0 Å². The molecular weight excluding hydrogens is 244 g/mol. The Bertz CT molecular complexity index is 621. The number of aromatic nitrogens is 2. The molecule has 0 bridgehead atoms. The molecular formula is C13H14N4O2. The molecule has 6 heteroatoms. The molecule has 2 aromatic rings. The first kappa shape index (κ1) is 11.6. The molecule has 1 aromatic heterocycles. The van der Waals surface area contributed by atoms with E-state index in [1.807, 2.05) is 31.4 Å². The summed E-state index contributed by atoms with van der Waals surface area (Å²) in [6, 6.07) is 5.75. The number of fused-ring (bicyclic) bond motifs is 1. The van der Waals surface area contributed by atoms with E-state index < -0.39 is 0 Å². The van der Waals surface area contributed by atoms with Gasteiger partial charge in [0.25, 0.3) is 5.91 Å². The first-order valence-corrected chi connectivity index (χ1v) is 5.99. The lowest BCUT2D eigenvalue weighted by Crippen LogP contribution is -2.25. The molecule has 1 aliphatic rings. The van der Waals surface area contributed by atoms with Crippen LogP contribution in [0.3, 0.4) is 0 Å². The molecule has 0 atom stereocenters. The highest BCUT2D eigenvalue weighted by molar-refractivity contribution is 5.95. The van der Waals surface area contributed by atoms with Crippen LogP contribution in [0.5, 0.6) is 5.75 Å². The Hall–Kier alpha value is -2.50. The zero-order valence-corrected chi connectivity index (χ0v) is 10.5. The number of rotatable bonds is 3. The Morgan fingerprint density at radius 3 is 3.21 bits per heavy atom. The maximum Gasteiger partial charge on any atom is 0.262 e. The lowest BCUT2D eigenvalue weighted by molar-refractivity contribution is -0.118. The van der Waals surface area contributed by atoms with Crippen molar-refractivity contribution in [3.05, 3.63) is 36.2 Å². The molecule has 6 nitrogen and oxygen atoms in total. The van der Waals surface area contributed by atoms with Crippen molar-refractivity contribution in [2.24, 2.45) is 7.05 Å². The number of anilines is 2. The molecule has 0 spiro atoms. The van der Waals surface area contributed by atoms with Crippen LogP contribution in [-0.2, 0) is 18.4 Å². The summed E-state index contributed by atoms with van der Waals surface area (Å²) < 4.78 is 7.05. The van der Waals surface area contributed by atoms with Crippen LogP contribution in [0.2, 0.25) is 0 Å². The summed E-state index contributed by atoms with van der Waals surface area (Å²) in [7, 11) is 1.87. The van der Waals surface area contributed by atoms with Gasteiger partial charge in [-0.1, -0.05) is 6.07 Å². The topological polar surface area (TPSA) is 68.2 Å². The third-order valence-electron chi connectivity index (χ3n) is 2.88. The number of benzene rings is 1. The minimum atomic E-state index is -0.120. The average molecular weight is 258 g/mol. The Morgan fingerprint density at radius 2 is 2.42 bits per heavy atom. The summed E-state index contributed by atoms with van der Waals surface area (Å²) in [5.41, 5.74) is 2.75. The minimum Gasteiger partial charge on any atom is -0.482 e. The molecule has 3 rings (SSSR count). The molecule has 19 heavy (non-hydrogen) atoms. The normalized spacial score (nSPS) is 13.4. The molecule has 0 saturated heterocycles. The van der Waals surface area contributed by atoms with E-state index >= 15 is 0 Å². The van der Waals surface area contributed by atoms with E-state index in [4.69, 9.17) is 4.74 Å². The number of nitrogens with one attached hydrogen (secondary N) is 2. The number of hydrogen-bond acceptors (Lipinski definition) is 4. The lowest BCUT2D eigenvalue weighted by Gasteiger charge is -2.18. The van der Waals surface area contributed by atoms with Crippen molar-refractivity contribution in [1.82, 2.24) is 9.78 Å². The van der Waals surface area contributed by atoms with Crippen LogP contribution < -0.4 is 15.4 Å². The van der Waals surface area contributed by atoms with Gasteiger partial charge in [0, 0.05) is 19.8 Å². The van der Waals surface area contributed by atoms with Crippen LogP contribution >= 0.6 is 0 Å². The summed E-state index contributed by atoms with van der Waals surface area (Å²) in [6.07, 6.45) is 3.67. The van der Waals surface area contributed by atoms with Crippen molar-refractivity contribution in [1.29, 1.82) is 0 Å². The third-order valence-corrected chi connectivity index (χ3v) is 2.88. The second kappa shape index (κ2) is 4.64. The Balaban J connectivity index is 1.71. The van der Waals surface area contributed by atoms with Crippen molar-refractivity contribution < 1.29 is 9.53 Å². The monoisotopic (exact) mass is 258 g/mol. The SMILES string of the molecule is Cn1cc(NCc2ccc3c(c2)NC(=O)CO3)cn1. The van der Waals surface area contributed by atoms with E-state index in [0.717, 1.165) is 16.9 Å². The molecule has 1 aliphatic heterocycles. The zero-order chi connectivity index (χ0) is 13.2. The summed E-state index contributed by atoms with van der Waals surface area (Å²) in [5.74, 6) is 0.592. The highest BCUT2D eigenvalue weighted by Crippen LogP contribution is 2.28. The molecule has 2 heterocycles. The molecule has 1 aromatic carbocycles. The predicted molar refractivity (Wildman–Crippen MR) is 71.1 cm³/mol. The van der Waals surface area contributed by atoms with E-state index in [2.05, 4.69) is 15.7 Å². The summed E-state index contributed by atoms with van der Waals surface area (Å²) >= 11 is 0. The van der Waals surface area contributed by atoms with Gasteiger partial charge >= 0.3 is 0 Å². The Labute approximate surface area is 110 Å². The number of carbonyl (C=O) groups excluding carboxylic acids is 1. The summed E-state index contributed by atoms with van der Waals surface area (Å²) in [5, 5.41) is 10.1. The maximum atomic E-state index is 11.3. The quantitative estimate of drug-likeness (QED) is 0.872. The average Bonchev–Trinajstić information content (AvgIpc) is 2.81. The van der Waals surface area contributed by atoms with E-state index in [9.17, 15) is 4.79 Å². The van der Waals surface area contributed by atoms with Crippen LogP contribution in [-0.4, -0.2) is 22.3 Å². The number of ether oxygens (including phenoxy) is 1. The van der Waals surface area contributed by atoms with Crippen LogP contribution in [0, 0.1) is 0 Å². The van der Waals surface area contributed by atoms with Crippen molar-refractivity contribution in [3.8, 4) is 5.75 Å². The van der Waals surface area contributed by atoms with Crippen LogP contribution in [0.15, 0.2) is 30.6 Å². The van der Waals surface area contributed by atoms with E-state index in [1.165, 1.54) is 0 Å². The molecule has 0 radical (unpaired) electrons. The number of nitrogens with zero attached hydrogens (tertiary/aromatic N) is 2. The van der Waals surface area contributed by atoms with Crippen LogP contribution in [0.4, 0.5) is 11.4 Å². The second-order valence-corrected chi connectivity index (χ2v) is 4.42. The minimum absolute atomic E-state index is 0.0836. The molecule has 1 amide bonds. The molecule has 0 aliphatic carbocycles. The Morgan fingerprint density at radius 1 is 1.53 bits per heavy atom. The fraction of sp³-hybridized carbons (Fsp3) is 0.231. The molecule has 2 N–H and O–H groups in total. The largest absolute Gasteiger partial charge is 0.482 e. The first-order valence-electron chi connectivity index (χ1n) is 5.99. The van der Waals surface area contributed by atoms with Gasteiger partial charge in [-0.05, 0) is 17.7 Å². The smallest absolute Gasteiger partial charge is 0.262 e. The number of hydrogen-bond donors (Lipinski definition) is 2. The highest BCUT2D eigenvalue weighted by atomic mass is 16.5. The predicted octanol–water partition coefficient (Wildman–Crippen LogP) is 1.36. The summed E-state index contributed by atoms with van der Waals surface area (Å²) in [4.78, 5) is 11.3. The number of carbonyl (C=O) groups is 1. The summed E-state index contributed by atoms with van der Waals surface area (Å²) in [6.45, 7) is 0.745. The van der Waals surface area contributed by atoms with Gasteiger partial charge in [-0.25, -0.2) is 0 Å². The number of amides is 1. The molecule has 0 unspecified atom stereocenters. The van der Waals surface area contributed by atoms with Gasteiger partial charge in [-0.2, -0.15) is 5.10 Å². The van der Waals surface area contributed by atoms with Gasteiger partial charge in [0.2, 0.25) is 0 Å². The zero-order valence-electron chi connectivity index (χ0n) is 10.5. The Kier molecular flexibility index (Phi) is 2.83. The second-order valence-electron chi connectivity index (χ2n) is 4.42. The lowest BCUT2D eigenvalue weighted by atomic mass is 10.1. The van der Waals surface area contributed by atoms with Crippen molar-refractivity contribution in [3.63, 3.8) is 0 Å². The molecule has 98 valence electrons. The van der Waals surface area contributed by atoms with Gasteiger partial charge in [-0.3, -0.25) is 9.48 Å². The molecule has 0 fully saturated rings. The van der Waals surface area contributed by atoms with E-state index in [1.54, 1.807) is 10.9 Å². The van der Waals surface area contributed by atoms with Gasteiger partial charge in [-0.15, -0.1) is 0 Å². The van der Waals surface area contributed by atoms with Gasteiger partial charge in [0.05, 0.1) is 17.6 Å².